The van der Waals surface area contributed by atoms with Crippen LogP contribution >= 0.6 is 0 Å². The molecule has 1 heterocycles. The summed E-state index contributed by atoms with van der Waals surface area (Å²) in [5, 5.41) is -4.45. The van der Waals surface area contributed by atoms with Gasteiger partial charge in [0, 0.05) is 11.6 Å². The number of benzene rings is 3. The molecule has 0 amide bonds. The van der Waals surface area contributed by atoms with Gasteiger partial charge in [-0.3, -0.25) is 4.55 Å². The molecule has 0 aromatic heterocycles. The van der Waals surface area contributed by atoms with Crippen LogP contribution in [0, 0.1) is 0 Å². The molecule has 1 saturated heterocycles. The first kappa shape index (κ1) is 29.5. The predicted octanol–water partition coefficient (Wildman–Crippen LogP) is 6.55. The average Bonchev–Trinajstić information content (AvgIpc) is 3.32. The molecule has 3 aromatic carbocycles. The Morgan fingerprint density at radius 3 is 1.97 bits per heavy atom. The molecule has 0 bridgehead atoms. The van der Waals surface area contributed by atoms with Crippen LogP contribution in [0.15, 0.2) is 87.5 Å². The van der Waals surface area contributed by atoms with Crippen LogP contribution in [0.1, 0.15) is 45.7 Å². The second-order valence-corrected chi connectivity index (χ2v) is 14.0. The van der Waals surface area contributed by atoms with Gasteiger partial charge in [0.2, 0.25) is 0 Å². The van der Waals surface area contributed by atoms with Gasteiger partial charge >= 0.3 is 15.4 Å². The summed E-state index contributed by atoms with van der Waals surface area (Å²) in [6.07, 6.45) is -2.09. The van der Waals surface area contributed by atoms with Crippen molar-refractivity contribution in [1.29, 1.82) is 0 Å². The third-order valence-corrected chi connectivity index (χ3v) is 9.81. The van der Waals surface area contributed by atoms with E-state index in [1.54, 1.807) is 12.1 Å². The van der Waals surface area contributed by atoms with E-state index in [-0.39, 0.29) is 11.2 Å². The first-order valence-electron chi connectivity index (χ1n) is 12.5. The maximum atomic E-state index is 14.0. The summed E-state index contributed by atoms with van der Waals surface area (Å²) in [4.78, 5) is 2.96. The second-order valence-electron chi connectivity index (χ2n) is 10.5. The quantitative estimate of drug-likeness (QED) is 0.241. The van der Waals surface area contributed by atoms with Gasteiger partial charge in [0.25, 0.3) is 0 Å². The lowest BCUT2D eigenvalue weighted by molar-refractivity contribution is -0.149. The van der Waals surface area contributed by atoms with Gasteiger partial charge in [0.1, 0.15) is 5.75 Å². The molecule has 1 aliphatic rings. The molecule has 210 valence electrons. The molecule has 1 N–H and O–H groups in total. The van der Waals surface area contributed by atoms with Gasteiger partial charge in [-0.05, 0) is 67.3 Å². The number of ether oxygens (including phenoxy) is 3. The molecule has 6 nitrogen and oxygen atoms in total. The Morgan fingerprint density at radius 1 is 0.923 bits per heavy atom. The van der Waals surface area contributed by atoms with Crippen molar-refractivity contribution in [2.24, 2.45) is 0 Å². The predicted molar refractivity (Wildman–Crippen MR) is 146 cm³/mol. The van der Waals surface area contributed by atoms with Gasteiger partial charge in [-0.1, -0.05) is 45.0 Å². The highest BCUT2D eigenvalue weighted by molar-refractivity contribution is 7.97. The molecule has 0 aliphatic carbocycles. The first-order valence-corrected chi connectivity index (χ1v) is 15.1. The van der Waals surface area contributed by atoms with Crippen LogP contribution in [-0.4, -0.2) is 37.5 Å². The van der Waals surface area contributed by atoms with Gasteiger partial charge < -0.3 is 14.2 Å². The zero-order chi connectivity index (χ0) is 28.6. The highest BCUT2D eigenvalue weighted by atomic mass is 32.2. The summed E-state index contributed by atoms with van der Waals surface area (Å²) >= 11 is 0. The Balaban J connectivity index is 1.72. The Kier molecular flexibility index (Phi) is 8.18. The van der Waals surface area contributed by atoms with E-state index < -0.39 is 38.2 Å². The maximum Gasteiger partial charge on any atom is 0.405 e. The lowest BCUT2D eigenvalue weighted by Crippen LogP contribution is -2.42. The van der Waals surface area contributed by atoms with E-state index in [1.807, 2.05) is 25.1 Å². The van der Waals surface area contributed by atoms with E-state index in [0.29, 0.717) is 13.2 Å². The van der Waals surface area contributed by atoms with Crippen LogP contribution in [0.4, 0.5) is 8.78 Å². The standard InChI is InChI=1S/C29H32F2O6S2/c1-20(29(30,31)39(32,33)34)37-23-11-15-25(16-12-23)38(24-13-9-21(10-14-24)27(2,3)4)26-8-6-7-22(19-26)28(5)35-17-18-36-28/h6-16,19-20H,17-18H2,1-5H3/p+1. The number of hydrogen-bond donors (Lipinski definition) is 1. The second kappa shape index (κ2) is 10.8. The van der Waals surface area contributed by atoms with Crippen LogP contribution in [0.2, 0.25) is 0 Å². The normalized spacial score (nSPS) is 17.5. The molecule has 1 fully saturated rings. The molecule has 3 aromatic rings. The number of alkyl halides is 2. The fourth-order valence-corrected chi connectivity index (χ4v) is 6.78. The monoisotopic (exact) mass is 579 g/mol. The maximum absolute atomic E-state index is 14.0. The van der Waals surface area contributed by atoms with Gasteiger partial charge in [0.05, 0.1) is 24.1 Å². The van der Waals surface area contributed by atoms with Crippen molar-refractivity contribution in [2.75, 3.05) is 13.2 Å². The molecule has 4 rings (SSSR count). The molecular weight excluding hydrogens is 546 g/mol. The Morgan fingerprint density at radius 2 is 1.46 bits per heavy atom. The highest BCUT2D eigenvalue weighted by Crippen LogP contribution is 2.38. The van der Waals surface area contributed by atoms with Crippen molar-refractivity contribution in [3.05, 3.63) is 83.9 Å². The molecule has 1 aliphatic heterocycles. The fraction of sp³-hybridized carbons (Fsp3) is 0.379. The van der Waals surface area contributed by atoms with Crippen LogP contribution in [0.5, 0.6) is 5.75 Å². The van der Waals surface area contributed by atoms with Gasteiger partial charge in [0.15, 0.2) is 26.6 Å². The lowest BCUT2D eigenvalue weighted by atomic mass is 9.87. The summed E-state index contributed by atoms with van der Waals surface area (Å²) in [5.74, 6) is -0.789. The van der Waals surface area contributed by atoms with Crippen molar-refractivity contribution in [1.82, 2.24) is 0 Å². The molecule has 2 unspecified atom stereocenters. The van der Waals surface area contributed by atoms with Crippen molar-refractivity contribution < 1.29 is 36.0 Å². The Labute approximate surface area is 231 Å². The summed E-state index contributed by atoms with van der Waals surface area (Å²) in [7, 11) is -6.20. The lowest BCUT2D eigenvalue weighted by Gasteiger charge is -2.23. The number of halogens is 2. The van der Waals surface area contributed by atoms with Gasteiger partial charge in [-0.2, -0.15) is 17.2 Å². The van der Waals surface area contributed by atoms with Crippen LogP contribution in [0.3, 0.4) is 0 Å². The molecule has 0 radical (unpaired) electrons. The largest absolute Gasteiger partial charge is 0.483 e. The number of rotatable bonds is 8. The fourth-order valence-electron chi connectivity index (χ4n) is 4.22. The highest BCUT2D eigenvalue weighted by Gasteiger charge is 2.51. The van der Waals surface area contributed by atoms with Crippen molar-refractivity contribution in [2.45, 2.75) is 71.9 Å². The molecule has 2 atom stereocenters. The van der Waals surface area contributed by atoms with E-state index in [2.05, 4.69) is 51.1 Å². The third-order valence-electron chi connectivity index (χ3n) is 6.58. The molecule has 0 saturated carbocycles. The third kappa shape index (κ3) is 6.30. The molecule has 39 heavy (non-hydrogen) atoms. The smallest absolute Gasteiger partial charge is 0.405 e. The van der Waals surface area contributed by atoms with Crippen molar-refractivity contribution >= 4 is 21.0 Å². The minimum atomic E-state index is -5.62. The minimum absolute atomic E-state index is 0.0113. The van der Waals surface area contributed by atoms with E-state index >= 15 is 0 Å². The molecule has 0 spiro atoms. The van der Waals surface area contributed by atoms with E-state index in [4.69, 9.17) is 18.8 Å². The van der Waals surface area contributed by atoms with E-state index in [1.165, 1.54) is 17.7 Å². The zero-order valence-corrected chi connectivity index (χ0v) is 24.1. The SMILES string of the molecule is CC(Oc1ccc([S+](c2ccc(C(C)(C)C)cc2)c2cccc(C3(C)OCCO3)c2)cc1)C(F)(F)S(=O)(=O)O. The van der Waals surface area contributed by atoms with Crippen LogP contribution in [0.25, 0.3) is 0 Å². The average molecular weight is 580 g/mol. The van der Waals surface area contributed by atoms with Crippen molar-refractivity contribution in [3.8, 4) is 5.75 Å². The van der Waals surface area contributed by atoms with E-state index in [9.17, 15) is 17.2 Å². The first-order chi connectivity index (χ1) is 18.1. The van der Waals surface area contributed by atoms with Crippen LogP contribution < -0.4 is 4.74 Å². The Hall–Kier alpha value is -2.50. The van der Waals surface area contributed by atoms with Gasteiger partial charge in [-0.25, -0.2) is 0 Å². The van der Waals surface area contributed by atoms with Crippen LogP contribution in [-0.2, 0) is 41.7 Å². The zero-order valence-electron chi connectivity index (χ0n) is 22.5. The topological polar surface area (TPSA) is 82.1 Å². The van der Waals surface area contributed by atoms with Gasteiger partial charge in [-0.15, -0.1) is 0 Å². The van der Waals surface area contributed by atoms with Crippen molar-refractivity contribution in [3.63, 3.8) is 0 Å². The summed E-state index contributed by atoms with van der Waals surface area (Å²) in [6.45, 7) is 10.3. The summed E-state index contributed by atoms with van der Waals surface area (Å²) < 4.78 is 76.0. The number of hydrogen-bond acceptors (Lipinski definition) is 5. The molecule has 10 heteroatoms. The summed E-state index contributed by atoms with van der Waals surface area (Å²) in [5.41, 5.74) is 2.08. The summed E-state index contributed by atoms with van der Waals surface area (Å²) in [6, 6.07) is 23.0. The minimum Gasteiger partial charge on any atom is -0.483 e. The Bertz CT molecular complexity index is 1390. The van der Waals surface area contributed by atoms with E-state index in [0.717, 1.165) is 27.2 Å². The molecular formula is C29H33F2O6S2+.